The van der Waals surface area contributed by atoms with E-state index in [1.54, 1.807) is 0 Å². The second kappa shape index (κ2) is 7.46. The van der Waals surface area contributed by atoms with E-state index >= 15 is 0 Å². The second-order valence-corrected chi connectivity index (χ2v) is 5.86. The molecular weight excluding hydrogens is 264 g/mol. The van der Waals surface area contributed by atoms with Crippen LogP contribution in [0.1, 0.15) is 37.3 Å². The quantitative estimate of drug-likeness (QED) is 0.918. The van der Waals surface area contributed by atoms with Crippen LogP contribution in [0.5, 0.6) is 0 Å². The second-order valence-electron chi connectivity index (χ2n) is 5.86. The fourth-order valence-corrected chi connectivity index (χ4v) is 2.92. The van der Waals surface area contributed by atoms with E-state index in [0.29, 0.717) is 0 Å². The van der Waals surface area contributed by atoms with Gasteiger partial charge in [-0.2, -0.15) is 0 Å². The Bertz CT molecular complexity index is 465. The molecule has 1 atom stereocenters. The van der Waals surface area contributed by atoms with E-state index < -0.39 is 0 Å². The molecular formula is C17H26N2O2. The summed E-state index contributed by atoms with van der Waals surface area (Å²) < 4.78 is 5.59. The Balaban J connectivity index is 1.89. The molecule has 4 nitrogen and oxygen atoms in total. The van der Waals surface area contributed by atoms with Crippen molar-refractivity contribution < 1.29 is 9.53 Å². The molecule has 21 heavy (non-hydrogen) atoms. The van der Waals surface area contributed by atoms with Gasteiger partial charge in [0.25, 0.3) is 0 Å². The van der Waals surface area contributed by atoms with Gasteiger partial charge in [-0.3, -0.25) is 10.2 Å². The molecule has 1 aromatic rings. The number of benzene rings is 1. The Morgan fingerprint density at radius 1 is 1.38 bits per heavy atom. The molecule has 1 aliphatic heterocycles. The molecule has 0 saturated carbocycles. The third-order valence-electron chi connectivity index (χ3n) is 3.98. The molecule has 1 heterocycles. The highest BCUT2D eigenvalue weighted by atomic mass is 16.6. The number of piperidine rings is 1. The molecule has 1 aromatic carbocycles. The minimum absolute atomic E-state index is 0.00891. The van der Waals surface area contributed by atoms with Crippen molar-refractivity contribution in [3.8, 4) is 0 Å². The Labute approximate surface area is 127 Å². The number of nitrogens with one attached hydrogen (secondary N) is 1. The van der Waals surface area contributed by atoms with Crippen LogP contribution in [-0.4, -0.2) is 36.7 Å². The van der Waals surface area contributed by atoms with E-state index in [1.165, 1.54) is 0 Å². The SMILES string of the molecule is CCCN1CCC[C@@H](OC(=O)Nc2c(C)cccc2C)C1. The van der Waals surface area contributed by atoms with Gasteiger partial charge in [-0.05, 0) is 57.3 Å². The Kier molecular flexibility index (Phi) is 5.62. The molecule has 0 aliphatic carbocycles. The number of likely N-dealkylation sites (tertiary alicyclic amines) is 1. The zero-order chi connectivity index (χ0) is 15.2. The highest BCUT2D eigenvalue weighted by Crippen LogP contribution is 2.20. The summed E-state index contributed by atoms with van der Waals surface area (Å²) in [7, 11) is 0. The van der Waals surface area contributed by atoms with Gasteiger partial charge in [0.2, 0.25) is 0 Å². The van der Waals surface area contributed by atoms with Crippen molar-refractivity contribution in [3.63, 3.8) is 0 Å². The summed E-state index contributed by atoms with van der Waals surface area (Å²) in [4.78, 5) is 14.5. The first-order valence-corrected chi connectivity index (χ1v) is 7.86. The topological polar surface area (TPSA) is 41.6 Å². The number of rotatable bonds is 4. The molecule has 1 fully saturated rings. The number of aryl methyl sites for hydroxylation is 2. The largest absolute Gasteiger partial charge is 0.445 e. The van der Waals surface area contributed by atoms with Crippen molar-refractivity contribution >= 4 is 11.8 Å². The molecule has 1 aliphatic rings. The van der Waals surface area contributed by atoms with Crippen LogP contribution in [0.4, 0.5) is 10.5 Å². The van der Waals surface area contributed by atoms with Crippen LogP contribution in [0.2, 0.25) is 0 Å². The van der Waals surface area contributed by atoms with E-state index in [2.05, 4.69) is 17.1 Å². The van der Waals surface area contributed by atoms with Crippen molar-refractivity contribution in [1.29, 1.82) is 0 Å². The number of carbonyl (C=O) groups is 1. The van der Waals surface area contributed by atoms with Gasteiger partial charge < -0.3 is 4.74 Å². The van der Waals surface area contributed by atoms with Gasteiger partial charge in [-0.25, -0.2) is 4.79 Å². The molecule has 1 saturated heterocycles. The molecule has 1 N–H and O–H groups in total. The number of para-hydroxylation sites is 1. The molecule has 0 bridgehead atoms. The lowest BCUT2D eigenvalue weighted by atomic mass is 10.1. The zero-order valence-electron chi connectivity index (χ0n) is 13.3. The molecule has 2 rings (SSSR count). The van der Waals surface area contributed by atoms with Gasteiger partial charge in [0.1, 0.15) is 6.10 Å². The Morgan fingerprint density at radius 3 is 2.76 bits per heavy atom. The summed E-state index contributed by atoms with van der Waals surface area (Å²) in [5.41, 5.74) is 2.98. The molecule has 0 unspecified atom stereocenters. The van der Waals surface area contributed by atoms with Crippen molar-refractivity contribution in [2.75, 3.05) is 25.0 Å². The monoisotopic (exact) mass is 290 g/mol. The number of anilines is 1. The maximum absolute atomic E-state index is 12.1. The first kappa shape index (κ1) is 15.8. The molecule has 0 spiro atoms. The van der Waals surface area contributed by atoms with Crippen LogP contribution in [0.15, 0.2) is 18.2 Å². The summed E-state index contributed by atoms with van der Waals surface area (Å²) in [5.74, 6) is 0. The van der Waals surface area contributed by atoms with Crippen molar-refractivity contribution in [1.82, 2.24) is 4.90 Å². The number of amides is 1. The first-order chi connectivity index (χ1) is 10.1. The van der Waals surface area contributed by atoms with Crippen molar-refractivity contribution in [3.05, 3.63) is 29.3 Å². The molecule has 116 valence electrons. The predicted octanol–water partition coefficient (Wildman–Crippen LogP) is 3.73. The molecule has 1 amide bonds. The maximum atomic E-state index is 12.1. The van der Waals surface area contributed by atoms with E-state index in [9.17, 15) is 4.79 Å². The van der Waals surface area contributed by atoms with E-state index in [0.717, 1.165) is 55.7 Å². The lowest BCUT2D eigenvalue weighted by Crippen LogP contribution is -2.41. The highest BCUT2D eigenvalue weighted by molar-refractivity contribution is 5.86. The van der Waals surface area contributed by atoms with Crippen LogP contribution in [0.25, 0.3) is 0 Å². The number of carbonyl (C=O) groups excluding carboxylic acids is 1. The van der Waals surface area contributed by atoms with Gasteiger partial charge in [0.15, 0.2) is 0 Å². The number of hydrogen-bond acceptors (Lipinski definition) is 3. The molecule has 0 radical (unpaired) electrons. The summed E-state index contributed by atoms with van der Waals surface area (Å²) in [6.45, 7) is 9.22. The smallest absolute Gasteiger partial charge is 0.411 e. The number of ether oxygens (including phenoxy) is 1. The lowest BCUT2D eigenvalue weighted by Gasteiger charge is -2.32. The van der Waals surface area contributed by atoms with Gasteiger partial charge in [0.05, 0.1) is 0 Å². The lowest BCUT2D eigenvalue weighted by molar-refractivity contribution is 0.0500. The average molecular weight is 290 g/mol. The van der Waals surface area contributed by atoms with Crippen molar-refractivity contribution in [2.24, 2.45) is 0 Å². The Morgan fingerprint density at radius 2 is 2.10 bits per heavy atom. The summed E-state index contributed by atoms with van der Waals surface area (Å²) in [6.07, 6.45) is 2.87. The van der Waals surface area contributed by atoms with Gasteiger partial charge >= 0.3 is 6.09 Å². The number of hydrogen-bond donors (Lipinski definition) is 1. The third kappa shape index (κ3) is 4.46. The van der Waals surface area contributed by atoms with E-state index in [-0.39, 0.29) is 12.2 Å². The highest BCUT2D eigenvalue weighted by Gasteiger charge is 2.22. The van der Waals surface area contributed by atoms with E-state index in [4.69, 9.17) is 4.74 Å². The third-order valence-corrected chi connectivity index (χ3v) is 3.98. The van der Waals surface area contributed by atoms with Crippen LogP contribution in [0.3, 0.4) is 0 Å². The van der Waals surface area contributed by atoms with Crippen LogP contribution in [-0.2, 0) is 4.74 Å². The van der Waals surface area contributed by atoms with Crippen molar-refractivity contribution in [2.45, 2.75) is 46.1 Å². The summed E-state index contributed by atoms with van der Waals surface area (Å²) in [5, 5.41) is 2.89. The molecule has 0 aromatic heterocycles. The zero-order valence-corrected chi connectivity index (χ0v) is 13.3. The minimum Gasteiger partial charge on any atom is -0.445 e. The van der Waals surface area contributed by atoms with Gasteiger partial charge in [-0.1, -0.05) is 25.1 Å². The molecule has 4 heteroatoms. The van der Waals surface area contributed by atoms with Crippen LogP contribution < -0.4 is 5.32 Å². The standard InChI is InChI=1S/C17H26N2O2/c1-4-10-19-11-6-9-15(12-19)21-17(20)18-16-13(2)7-5-8-14(16)3/h5,7-8,15H,4,6,9-12H2,1-3H3,(H,18,20)/t15-/m1/s1. The first-order valence-electron chi connectivity index (χ1n) is 7.86. The summed E-state index contributed by atoms with van der Waals surface area (Å²) in [6, 6.07) is 5.98. The Hall–Kier alpha value is -1.55. The minimum atomic E-state index is -0.337. The fourth-order valence-electron chi connectivity index (χ4n) is 2.92. The summed E-state index contributed by atoms with van der Waals surface area (Å²) >= 11 is 0. The normalized spacial score (nSPS) is 19.3. The van der Waals surface area contributed by atoms with Crippen LogP contribution >= 0.6 is 0 Å². The van der Waals surface area contributed by atoms with Crippen LogP contribution in [0, 0.1) is 13.8 Å². The maximum Gasteiger partial charge on any atom is 0.411 e. The number of nitrogens with zero attached hydrogens (tertiary/aromatic N) is 1. The fraction of sp³-hybridized carbons (Fsp3) is 0.588. The average Bonchev–Trinajstić information content (AvgIpc) is 2.44. The van der Waals surface area contributed by atoms with E-state index in [1.807, 2.05) is 32.0 Å². The van der Waals surface area contributed by atoms with Gasteiger partial charge in [-0.15, -0.1) is 0 Å². The van der Waals surface area contributed by atoms with Gasteiger partial charge in [0, 0.05) is 12.2 Å². The predicted molar refractivity (Wildman–Crippen MR) is 85.8 cm³/mol.